The normalized spacial score (nSPS) is 10.9. The molecule has 0 bridgehead atoms. The van der Waals surface area contributed by atoms with Crippen LogP contribution in [-0.4, -0.2) is 26.6 Å². The lowest BCUT2D eigenvalue weighted by Crippen LogP contribution is -2.15. The molecule has 2 aromatic heterocycles. The average Bonchev–Trinajstić information content (AvgIpc) is 3.05. The molecule has 0 radical (unpaired) electrons. The summed E-state index contributed by atoms with van der Waals surface area (Å²) in [6, 6.07) is 14.2. The van der Waals surface area contributed by atoms with Gasteiger partial charge >= 0.3 is 0 Å². The van der Waals surface area contributed by atoms with Gasteiger partial charge in [0, 0.05) is 18.0 Å². The Labute approximate surface area is 137 Å². The van der Waals surface area contributed by atoms with Crippen molar-refractivity contribution in [3.63, 3.8) is 0 Å². The van der Waals surface area contributed by atoms with Gasteiger partial charge < -0.3 is 5.32 Å². The molecule has 120 valence electrons. The van der Waals surface area contributed by atoms with E-state index in [0.29, 0.717) is 11.3 Å². The third-order valence-electron chi connectivity index (χ3n) is 3.34. The largest absolute Gasteiger partial charge is 0.320 e. The van der Waals surface area contributed by atoms with Gasteiger partial charge in [0.15, 0.2) is 5.69 Å². The molecule has 3 rings (SSSR count). The zero-order chi connectivity index (χ0) is 16.9. The van der Waals surface area contributed by atoms with Crippen molar-refractivity contribution in [2.24, 2.45) is 0 Å². The van der Waals surface area contributed by atoms with Crippen LogP contribution in [0.2, 0.25) is 0 Å². The van der Waals surface area contributed by atoms with Gasteiger partial charge in [0.25, 0.3) is 11.8 Å². The monoisotopic (exact) mass is 322 g/mol. The topological polar surface area (TPSA) is 95.7 Å². The van der Waals surface area contributed by atoms with E-state index in [9.17, 15) is 9.59 Å². The van der Waals surface area contributed by atoms with E-state index in [1.807, 2.05) is 18.2 Å². The van der Waals surface area contributed by atoms with Crippen LogP contribution in [0.25, 0.3) is 11.6 Å². The number of hydroxylamine groups is 1. The molecule has 0 fully saturated rings. The molecule has 0 aliphatic rings. The highest BCUT2D eigenvalue weighted by atomic mass is 16.5. The fourth-order valence-corrected chi connectivity index (χ4v) is 2.19. The average molecular weight is 322 g/mol. The Morgan fingerprint density at radius 1 is 1.12 bits per heavy atom. The molecule has 2 heterocycles. The Bertz CT molecular complexity index is 897. The number of fused-ring (bicyclic) bond motifs is 1. The molecule has 0 spiro atoms. The minimum atomic E-state index is -0.656. The minimum Gasteiger partial charge on any atom is -0.320 e. The standard InChI is InChI=1S/C17H14N4O3/c22-16(20-24)9-8-12-5-1-2-7-14(12)18-17(23)15-11-13-6-3-4-10-21(13)19-15/h1-11,24H,(H,18,23)(H,20,22)/b9-8+. The second-order valence-corrected chi connectivity index (χ2v) is 4.95. The van der Waals surface area contributed by atoms with Crippen LogP contribution >= 0.6 is 0 Å². The first-order valence-corrected chi connectivity index (χ1v) is 7.14. The fourth-order valence-electron chi connectivity index (χ4n) is 2.19. The number of benzene rings is 1. The minimum absolute atomic E-state index is 0.285. The van der Waals surface area contributed by atoms with Crippen LogP contribution in [0.1, 0.15) is 16.1 Å². The lowest BCUT2D eigenvalue weighted by atomic mass is 10.1. The number of para-hydroxylation sites is 1. The summed E-state index contributed by atoms with van der Waals surface area (Å²) >= 11 is 0. The number of amides is 2. The summed E-state index contributed by atoms with van der Waals surface area (Å²) in [5.74, 6) is -1.01. The number of nitrogens with zero attached hydrogens (tertiary/aromatic N) is 2. The molecule has 0 atom stereocenters. The number of hydrogen-bond donors (Lipinski definition) is 3. The molecular formula is C17H14N4O3. The van der Waals surface area contributed by atoms with Gasteiger partial charge in [0.05, 0.1) is 5.52 Å². The van der Waals surface area contributed by atoms with Crippen LogP contribution < -0.4 is 10.8 Å². The first-order valence-electron chi connectivity index (χ1n) is 7.14. The molecule has 1 aromatic carbocycles. The van der Waals surface area contributed by atoms with Gasteiger partial charge in [0.2, 0.25) is 0 Å². The molecule has 2 amide bonds. The number of pyridine rings is 1. The maximum Gasteiger partial charge on any atom is 0.276 e. The zero-order valence-corrected chi connectivity index (χ0v) is 12.5. The van der Waals surface area contributed by atoms with E-state index in [0.717, 1.165) is 11.6 Å². The molecule has 0 unspecified atom stereocenters. The van der Waals surface area contributed by atoms with E-state index in [1.54, 1.807) is 41.0 Å². The lowest BCUT2D eigenvalue weighted by Gasteiger charge is -2.06. The van der Waals surface area contributed by atoms with Crippen molar-refractivity contribution in [3.8, 4) is 0 Å². The van der Waals surface area contributed by atoms with E-state index in [4.69, 9.17) is 5.21 Å². The third-order valence-corrected chi connectivity index (χ3v) is 3.34. The third kappa shape index (κ3) is 3.31. The van der Waals surface area contributed by atoms with Gasteiger partial charge in [0.1, 0.15) is 0 Å². The Hall–Kier alpha value is -3.45. The summed E-state index contributed by atoms with van der Waals surface area (Å²) in [7, 11) is 0. The maximum atomic E-state index is 12.4. The number of anilines is 1. The van der Waals surface area contributed by atoms with Crippen molar-refractivity contribution in [2.45, 2.75) is 0 Å². The van der Waals surface area contributed by atoms with Gasteiger partial charge in [-0.1, -0.05) is 24.3 Å². The van der Waals surface area contributed by atoms with Crippen molar-refractivity contribution in [2.75, 3.05) is 5.32 Å². The molecule has 7 heteroatoms. The molecule has 0 aliphatic heterocycles. The molecular weight excluding hydrogens is 308 g/mol. The van der Waals surface area contributed by atoms with Gasteiger partial charge in [-0.15, -0.1) is 0 Å². The molecule has 0 aliphatic carbocycles. The van der Waals surface area contributed by atoms with Crippen LogP contribution in [0.5, 0.6) is 0 Å². The second-order valence-electron chi connectivity index (χ2n) is 4.95. The second kappa shape index (κ2) is 6.76. The molecule has 24 heavy (non-hydrogen) atoms. The zero-order valence-electron chi connectivity index (χ0n) is 12.5. The van der Waals surface area contributed by atoms with Crippen LogP contribution in [0.3, 0.4) is 0 Å². The van der Waals surface area contributed by atoms with E-state index in [2.05, 4.69) is 10.4 Å². The van der Waals surface area contributed by atoms with Crippen LogP contribution in [0.4, 0.5) is 5.69 Å². The predicted molar refractivity (Wildman–Crippen MR) is 88.6 cm³/mol. The smallest absolute Gasteiger partial charge is 0.276 e. The summed E-state index contributed by atoms with van der Waals surface area (Å²) in [6.45, 7) is 0. The summed E-state index contributed by atoms with van der Waals surface area (Å²) < 4.78 is 1.62. The Balaban J connectivity index is 1.84. The highest BCUT2D eigenvalue weighted by Crippen LogP contribution is 2.18. The number of aromatic nitrogens is 2. The maximum absolute atomic E-state index is 12.4. The first-order chi connectivity index (χ1) is 11.7. The van der Waals surface area contributed by atoms with Gasteiger partial charge in [-0.3, -0.25) is 14.8 Å². The molecule has 0 saturated carbocycles. The quantitative estimate of drug-likeness (QED) is 0.389. The van der Waals surface area contributed by atoms with Crippen LogP contribution in [-0.2, 0) is 4.79 Å². The van der Waals surface area contributed by atoms with Gasteiger partial charge in [-0.2, -0.15) is 5.10 Å². The van der Waals surface area contributed by atoms with Crippen molar-refractivity contribution >= 4 is 29.1 Å². The highest BCUT2D eigenvalue weighted by molar-refractivity contribution is 6.05. The number of nitrogens with one attached hydrogen (secondary N) is 2. The lowest BCUT2D eigenvalue weighted by molar-refractivity contribution is -0.124. The highest BCUT2D eigenvalue weighted by Gasteiger charge is 2.12. The summed E-state index contributed by atoms with van der Waals surface area (Å²) in [5.41, 5.74) is 3.76. The van der Waals surface area contributed by atoms with Crippen LogP contribution in [0, 0.1) is 0 Å². The van der Waals surface area contributed by atoms with Crippen molar-refractivity contribution < 1.29 is 14.8 Å². The molecule has 3 aromatic rings. The van der Waals surface area contributed by atoms with Crippen molar-refractivity contribution in [1.29, 1.82) is 0 Å². The molecule has 3 N–H and O–H groups in total. The van der Waals surface area contributed by atoms with Crippen LogP contribution in [0.15, 0.2) is 60.8 Å². The Morgan fingerprint density at radius 3 is 2.71 bits per heavy atom. The number of carbonyl (C=O) groups excluding carboxylic acids is 2. The van der Waals surface area contributed by atoms with Gasteiger partial charge in [-0.05, 0) is 35.9 Å². The van der Waals surface area contributed by atoms with Crippen molar-refractivity contribution in [1.82, 2.24) is 15.1 Å². The Morgan fingerprint density at radius 2 is 1.92 bits per heavy atom. The predicted octanol–water partition coefficient (Wildman–Crippen LogP) is 2.11. The summed E-state index contributed by atoms with van der Waals surface area (Å²) in [6.07, 6.45) is 4.41. The number of hydrogen-bond acceptors (Lipinski definition) is 4. The first kappa shape index (κ1) is 15.4. The van der Waals surface area contributed by atoms with E-state index < -0.39 is 5.91 Å². The summed E-state index contributed by atoms with van der Waals surface area (Å²) in [5, 5.41) is 15.5. The molecule has 0 saturated heterocycles. The number of carbonyl (C=O) groups is 2. The molecule has 7 nitrogen and oxygen atoms in total. The van der Waals surface area contributed by atoms with E-state index >= 15 is 0 Å². The fraction of sp³-hybridized carbons (Fsp3) is 0. The number of rotatable bonds is 4. The van der Waals surface area contributed by atoms with E-state index in [1.165, 1.54) is 11.6 Å². The summed E-state index contributed by atoms with van der Waals surface area (Å²) in [4.78, 5) is 23.5. The Kier molecular flexibility index (Phi) is 4.35. The van der Waals surface area contributed by atoms with E-state index in [-0.39, 0.29) is 11.6 Å². The SMILES string of the molecule is O=C(/C=C/c1ccccc1NC(=O)c1cc2ccccn2n1)NO. The van der Waals surface area contributed by atoms with Crippen molar-refractivity contribution in [3.05, 3.63) is 72.1 Å². The van der Waals surface area contributed by atoms with Gasteiger partial charge in [-0.25, -0.2) is 10.00 Å².